The summed E-state index contributed by atoms with van der Waals surface area (Å²) >= 11 is 0. The molecule has 8 nitrogen and oxygen atoms in total. The van der Waals surface area contributed by atoms with Crippen LogP contribution in [0.25, 0.3) is 10.8 Å². The minimum atomic E-state index is -0.603. The van der Waals surface area contributed by atoms with Crippen molar-refractivity contribution in [3.8, 4) is 17.2 Å². The van der Waals surface area contributed by atoms with Gasteiger partial charge in [0.25, 0.3) is 5.91 Å². The van der Waals surface area contributed by atoms with Gasteiger partial charge < -0.3 is 19.9 Å². The Morgan fingerprint density at radius 3 is 2.53 bits per heavy atom. The number of aromatic nitrogens is 1. The highest BCUT2D eigenvalue weighted by molar-refractivity contribution is 6.03. The highest BCUT2D eigenvalue weighted by Crippen LogP contribution is 2.34. The van der Waals surface area contributed by atoms with Crippen molar-refractivity contribution in [3.63, 3.8) is 0 Å². The molecule has 1 aliphatic heterocycles. The summed E-state index contributed by atoms with van der Waals surface area (Å²) in [6.07, 6.45) is 3.44. The van der Waals surface area contributed by atoms with Crippen LogP contribution in [0.15, 0.2) is 48.5 Å². The number of carbonyl (C=O) groups excluding carboxylic acids is 2. The maximum absolute atomic E-state index is 12.8. The van der Waals surface area contributed by atoms with E-state index in [9.17, 15) is 14.7 Å². The quantitative estimate of drug-likeness (QED) is 0.499. The number of hydrogen-bond donors (Lipinski definition) is 2. The Bertz CT molecular complexity index is 1160. The zero-order chi connectivity index (χ0) is 23.9. The van der Waals surface area contributed by atoms with Crippen molar-refractivity contribution in [1.29, 1.82) is 0 Å². The van der Waals surface area contributed by atoms with Gasteiger partial charge in [-0.2, -0.15) is 0 Å². The Morgan fingerprint density at radius 1 is 1.03 bits per heavy atom. The third-order valence-corrected chi connectivity index (χ3v) is 5.80. The second-order valence-corrected chi connectivity index (χ2v) is 8.37. The highest BCUT2D eigenvalue weighted by atomic mass is 16.5. The maximum atomic E-state index is 12.8. The van der Waals surface area contributed by atoms with Gasteiger partial charge in [-0.25, -0.2) is 4.98 Å². The molecule has 2 N–H and O–H groups in total. The van der Waals surface area contributed by atoms with Gasteiger partial charge in [0.2, 0.25) is 0 Å². The average molecular weight is 464 g/mol. The molecule has 2 heterocycles. The molecule has 1 aromatic heterocycles. The largest absolute Gasteiger partial charge is 0.505 e. The number of para-hydroxylation sites is 1. The van der Waals surface area contributed by atoms with Crippen LogP contribution in [0.4, 0.5) is 0 Å². The molecule has 3 aromatic rings. The zero-order valence-corrected chi connectivity index (χ0v) is 19.3. The van der Waals surface area contributed by atoms with Crippen LogP contribution in [-0.4, -0.2) is 60.0 Å². The lowest BCUT2D eigenvalue weighted by atomic mass is 10.0. The predicted octanol–water partition coefficient (Wildman–Crippen LogP) is 3.66. The lowest BCUT2D eigenvalue weighted by molar-refractivity contribution is -0.121. The predicted molar refractivity (Wildman–Crippen MR) is 128 cm³/mol. The molecule has 0 aliphatic carbocycles. The van der Waals surface area contributed by atoms with E-state index in [1.54, 1.807) is 12.1 Å². The molecule has 1 aliphatic rings. The average Bonchev–Trinajstić information content (AvgIpc) is 2.86. The molecule has 34 heavy (non-hydrogen) atoms. The summed E-state index contributed by atoms with van der Waals surface area (Å²) in [6, 6.07) is 14.8. The van der Waals surface area contributed by atoms with Crippen LogP contribution in [0.2, 0.25) is 0 Å². The molecule has 4 rings (SSSR count). The van der Waals surface area contributed by atoms with E-state index in [1.807, 2.05) is 36.4 Å². The number of hydrogen-bond acceptors (Lipinski definition) is 7. The minimum Gasteiger partial charge on any atom is -0.505 e. The number of nitrogens with zero attached hydrogens (tertiary/aromatic N) is 2. The zero-order valence-electron chi connectivity index (χ0n) is 19.3. The van der Waals surface area contributed by atoms with Crippen LogP contribution in [0.5, 0.6) is 17.2 Å². The molecule has 0 spiro atoms. The Labute approximate surface area is 198 Å². The van der Waals surface area contributed by atoms with E-state index in [0.29, 0.717) is 29.1 Å². The molecule has 0 bridgehead atoms. The second kappa shape index (κ2) is 11.1. The molecule has 1 fully saturated rings. The van der Waals surface area contributed by atoms with Gasteiger partial charge >= 0.3 is 0 Å². The number of aromatic hydroxyl groups is 1. The number of amides is 1. The Hall–Kier alpha value is -3.49. The molecule has 0 radical (unpaired) electrons. The number of piperidine rings is 1. The molecule has 1 saturated heterocycles. The first-order chi connectivity index (χ1) is 16.5. The number of rotatable bonds is 9. The molecule has 1 amide bonds. The number of nitrogens with one attached hydrogen (secondary N) is 1. The third-order valence-electron chi connectivity index (χ3n) is 5.80. The van der Waals surface area contributed by atoms with Gasteiger partial charge in [-0.1, -0.05) is 24.6 Å². The maximum Gasteiger partial charge on any atom is 0.274 e. The van der Waals surface area contributed by atoms with Gasteiger partial charge in [0.05, 0.1) is 12.2 Å². The number of methoxy groups -OCH3 is 1. The van der Waals surface area contributed by atoms with Crippen LogP contribution in [0.3, 0.4) is 0 Å². The summed E-state index contributed by atoms with van der Waals surface area (Å²) in [4.78, 5) is 31.4. The number of Topliss-reactive ketones (excluding diaryl/α,β-unsaturated/α-hetero) is 1. The monoisotopic (exact) mass is 463 g/mol. The fraction of sp³-hybridized carbons (Fsp3) is 0.346. The second-order valence-electron chi connectivity index (χ2n) is 8.37. The fourth-order valence-electron chi connectivity index (χ4n) is 4.12. The van der Waals surface area contributed by atoms with E-state index < -0.39 is 5.91 Å². The van der Waals surface area contributed by atoms with E-state index in [1.165, 1.54) is 13.5 Å². The first kappa shape index (κ1) is 23.7. The summed E-state index contributed by atoms with van der Waals surface area (Å²) in [5, 5.41) is 14.7. The molecular weight excluding hydrogens is 434 g/mol. The van der Waals surface area contributed by atoms with E-state index in [0.717, 1.165) is 31.3 Å². The molecular formula is C26H29N3O5. The Kier molecular flexibility index (Phi) is 7.72. The summed E-state index contributed by atoms with van der Waals surface area (Å²) in [5.41, 5.74) is 0.586. The van der Waals surface area contributed by atoms with Gasteiger partial charge in [0.1, 0.15) is 18.1 Å². The topological polar surface area (TPSA) is 101 Å². The van der Waals surface area contributed by atoms with Crippen molar-refractivity contribution >= 4 is 22.5 Å². The summed E-state index contributed by atoms with van der Waals surface area (Å²) in [7, 11) is 1.42. The number of fused-ring (bicyclic) bond motifs is 1. The van der Waals surface area contributed by atoms with Crippen LogP contribution < -0.4 is 10.1 Å². The van der Waals surface area contributed by atoms with Crippen molar-refractivity contribution in [3.05, 3.63) is 59.9 Å². The molecule has 8 heteroatoms. The van der Waals surface area contributed by atoms with Crippen LogP contribution >= 0.6 is 0 Å². The lowest BCUT2D eigenvalue weighted by Gasteiger charge is -2.26. The molecule has 2 aromatic carbocycles. The lowest BCUT2D eigenvalue weighted by Crippen LogP contribution is -2.33. The Morgan fingerprint density at radius 2 is 1.79 bits per heavy atom. The first-order valence-electron chi connectivity index (χ1n) is 11.4. The van der Waals surface area contributed by atoms with Crippen LogP contribution in [-0.2, 0) is 16.1 Å². The Balaban J connectivity index is 1.69. The summed E-state index contributed by atoms with van der Waals surface area (Å²) in [5.74, 6) is 0.219. The van der Waals surface area contributed by atoms with Gasteiger partial charge in [-0.05, 0) is 56.3 Å². The molecule has 0 atom stereocenters. The van der Waals surface area contributed by atoms with Crippen LogP contribution in [0, 0.1) is 0 Å². The SMILES string of the molecule is COCC(=O)CNC(=O)c1nc(CN2CCCCC2)c2cc(Oc3ccccc3)ccc2c1O. The van der Waals surface area contributed by atoms with E-state index in [4.69, 9.17) is 9.47 Å². The van der Waals surface area contributed by atoms with Crippen molar-refractivity contribution in [2.24, 2.45) is 0 Å². The highest BCUT2D eigenvalue weighted by Gasteiger charge is 2.22. The van der Waals surface area contributed by atoms with Gasteiger partial charge in [-0.3, -0.25) is 14.5 Å². The van der Waals surface area contributed by atoms with Gasteiger partial charge in [0, 0.05) is 24.4 Å². The summed E-state index contributed by atoms with van der Waals surface area (Å²) in [6.45, 7) is 2.17. The minimum absolute atomic E-state index is 0.0954. The molecule has 0 unspecified atom stereocenters. The smallest absolute Gasteiger partial charge is 0.274 e. The number of ether oxygens (including phenoxy) is 2. The van der Waals surface area contributed by atoms with Gasteiger partial charge in [-0.15, -0.1) is 0 Å². The van der Waals surface area contributed by atoms with E-state index in [-0.39, 0.29) is 30.4 Å². The van der Waals surface area contributed by atoms with Gasteiger partial charge in [0.15, 0.2) is 17.2 Å². The first-order valence-corrected chi connectivity index (χ1v) is 11.4. The molecule has 0 saturated carbocycles. The van der Waals surface area contributed by atoms with Crippen molar-refractivity contribution in [2.45, 2.75) is 25.8 Å². The van der Waals surface area contributed by atoms with Crippen molar-refractivity contribution < 1.29 is 24.2 Å². The summed E-state index contributed by atoms with van der Waals surface area (Å²) < 4.78 is 10.8. The van der Waals surface area contributed by atoms with Crippen molar-refractivity contribution in [1.82, 2.24) is 15.2 Å². The third kappa shape index (κ3) is 5.70. The normalized spacial score (nSPS) is 14.1. The molecule has 178 valence electrons. The van der Waals surface area contributed by atoms with Crippen molar-refractivity contribution in [2.75, 3.05) is 33.4 Å². The van der Waals surface area contributed by atoms with E-state index in [2.05, 4.69) is 15.2 Å². The number of ketones is 1. The standard InChI is InChI=1S/C26H29N3O5/c1-33-17-18(30)15-27-26(32)24-25(31)21-11-10-20(34-19-8-4-2-5-9-19)14-22(21)23(28-24)16-29-12-6-3-7-13-29/h2,4-5,8-11,14,31H,3,6-7,12-13,15-17H2,1H3,(H,27,32). The fourth-order valence-corrected chi connectivity index (χ4v) is 4.12. The van der Waals surface area contributed by atoms with Crippen LogP contribution in [0.1, 0.15) is 35.4 Å². The van der Waals surface area contributed by atoms with E-state index >= 15 is 0 Å². The number of pyridine rings is 1. The number of carbonyl (C=O) groups is 2. The number of likely N-dealkylation sites (tertiary alicyclic amines) is 1. The number of benzene rings is 2.